The molecule has 19 heavy (non-hydrogen) atoms. The molecule has 1 saturated heterocycles. The molecule has 2 aliphatic rings. The Labute approximate surface area is 118 Å². The van der Waals surface area contributed by atoms with Gasteiger partial charge in [-0.25, -0.2) is 0 Å². The van der Waals surface area contributed by atoms with Crippen LogP contribution in [0.4, 0.5) is 0 Å². The first-order valence-electron chi connectivity index (χ1n) is 8.29. The molecule has 1 saturated carbocycles. The van der Waals surface area contributed by atoms with E-state index in [1.807, 2.05) is 0 Å². The summed E-state index contributed by atoms with van der Waals surface area (Å²) in [6.07, 6.45) is 9.66. The largest absolute Gasteiger partial charge is 0.323 e. The molecule has 3 atom stereocenters. The van der Waals surface area contributed by atoms with E-state index in [0.717, 1.165) is 38.0 Å². The van der Waals surface area contributed by atoms with E-state index in [4.69, 9.17) is 0 Å². The van der Waals surface area contributed by atoms with Crippen LogP contribution in [0.25, 0.3) is 0 Å². The maximum atomic E-state index is 12.6. The van der Waals surface area contributed by atoms with Crippen LogP contribution in [-0.4, -0.2) is 29.1 Å². The number of amides is 1. The molecule has 110 valence electrons. The van der Waals surface area contributed by atoms with Crippen LogP contribution in [0, 0.1) is 5.92 Å². The number of carbonyl (C=O) groups excluding carboxylic acids is 1. The lowest BCUT2D eigenvalue weighted by Crippen LogP contribution is -2.44. The third-order valence-corrected chi connectivity index (χ3v) is 4.59. The molecule has 1 heterocycles. The van der Waals surface area contributed by atoms with Crippen LogP contribution in [0.1, 0.15) is 72.1 Å². The lowest BCUT2D eigenvalue weighted by atomic mass is 10.0. The molecule has 1 aliphatic heterocycles. The second-order valence-electron chi connectivity index (χ2n) is 6.30. The van der Waals surface area contributed by atoms with Crippen LogP contribution in [0.15, 0.2) is 0 Å². The van der Waals surface area contributed by atoms with Crippen molar-refractivity contribution < 1.29 is 4.79 Å². The minimum atomic E-state index is 0.0785. The second-order valence-corrected chi connectivity index (χ2v) is 6.30. The lowest BCUT2D eigenvalue weighted by molar-refractivity contribution is -0.132. The minimum absolute atomic E-state index is 0.0785. The predicted octanol–water partition coefficient (Wildman–Crippen LogP) is 3.29. The maximum absolute atomic E-state index is 12.6. The fraction of sp³-hybridized carbons (Fsp3) is 0.938. The Morgan fingerprint density at radius 3 is 2.42 bits per heavy atom. The molecular weight excluding hydrogens is 236 g/mol. The molecule has 0 aromatic heterocycles. The van der Waals surface area contributed by atoms with Crippen LogP contribution >= 0.6 is 0 Å². The summed E-state index contributed by atoms with van der Waals surface area (Å²) in [6.45, 7) is 6.60. The van der Waals surface area contributed by atoms with E-state index < -0.39 is 0 Å². The van der Waals surface area contributed by atoms with Crippen LogP contribution in [0.5, 0.6) is 0 Å². The second kappa shape index (κ2) is 6.74. The average Bonchev–Trinajstić information content (AvgIpc) is 3.16. The predicted molar refractivity (Wildman–Crippen MR) is 78.8 cm³/mol. The molecule has 3 unspecified atom stereocenters. The zero-order valence-corrected chi connectivity index (χ0v) is 12.8. The van der Waals surface area contributed by atoms with Gasteiger partial charge in [0.2, 0.25) is 5.91 Å². The Bertz CT molecular complexity index is 301. The van der Waals surface area contributed by atoms with Crippen molar-refractivity contribution in [1.29, 1.82) is 0 Å². The van der Waals surface area contributed by atoms with Gasteiger partial charge in [0.25, 0.3) is 0 Å². The topological polar surface area (TPSA) is 32.3 Å². The van der Waals surface area contributed by atoms with Gasteiger partial charge >= 0.3 is 0 Å². The number of hydrogen-bond acceptors (Lipinski definition) is 2. The Kier molecular flexibility index (Phi) is 5.26. The van der Waals surface area contributed by atoms with Crippen molar-refractivity contribution >= 4 is 5.91 Å². The van der Waals surface area contributed by atoms with Gasteiger partial charge in [-0.3, -0.25) is 10.1 Å². The van der Waals surface area contributed by atoms with Crippen LogP contribution < -0.4 is 5.32 Å². The molecule has 3 nitrogen and oxygen atoms in total. The molecule has 1 amide bonds. The van der Waals surface area contributed by atoms with Gasteiger partial charge in [0.05, 0.1) is 12.2 Å². The summed E-state index contributed by atoms with van der Waals surface area (Å²) in [5, 5.41) is 3.58. The van der Waals surface area contributed by atoms with Gasteiger partial charge in [-0.05, 0) is 31.6 Å². The van der Waals surface area contributed by atoms with E-state index >= 15 is 0 Å². The number of nitrogens with one attached hydrogen (secondary N) is 1. The van der Waals surface area contributed by atoms with E-state index in [1.54, 1.807) is 0 Å². The summed E-state index contributed by atoms with van der Waals surface area (Å²) in [5.74, 6) is 1.26. The number of rotatable bonds is 8. The maximum Gasteiger partial charge on any atom is 0.241 e. The highest BCUT2D eigenvalue weighted by molar-refractivity contribution is 5.84. The Morgan fingerprint density at radius 2 is 1.89 bits per heavy atom. The summed E-state index contributed by atoms with van der Waals surface area (Å²) in [6, 6.07) is 0.542. The third-order valence-electron chi connectivity index (χ3n) is 4.59. The van der Waals surface area contributed by atoms with E-state index in [1.165, 1.54) is 19.3 Å². The van der Waals surface area contributed by atoms with E-state index in [9.17, 15) is 4.79 Å². The number of hydrogen-bond donors (Lipinski definition) is 1. The fourth-order valence-electron chi connectivity index (χ4n) is 3.36. The lowest BCUT2D eigenvalue weighted by Gasteiger charge is -2.32. The molecule has 2 rings (SSSR count). The van der Waals surface area contributed by atoms with Crippen molar-refractivity contribution in [2.24, 2.45) is 5.92 Å². The van der Waals surface area contributed by atoms with Crippen LogP contribution in [-0.2, 0) is 4.79 Å². The first-order valence-corrected chi connectivity index (χ1v) is 8.29. The number of nitrogens with zero attached hydrogens (tertiary/aromatic N) is 1. The van der Waals surface area contributed by atoms with Crippen molar-refractivity contribution in [3.63, 3.8) is 0 Å². The Balaban J connectivity index is 2.05. The van der Waals surface area contributed by atoms with Crippen molar-refractivity contribution in [1.82, 2.24) is 10.2 Å². The van der Waals surface area contributed by atoms with Gasteiger partial charge in [-0.1, -0.05) is 46.5 Å². The van der Waals surface area contributed by atoms with Crippen molar-refractivity contribution in [3.05, 3.63) is 0 Å². The van der Waals surface area contributed by atoms with Gasteiger partial charge in [-0.2, -0.15) is 0 Å². The summed E-state index contributed by atoms with van der Waals surface area (Å²) in [7, 11) is 0. The van der Waals surface area contributed by atoms with E-state index in [-0.39, 0.29) is 12.2 Å². The SMILES string of the molecule is CCCC1NC(CCC)N(C(CC)CC2CC2)C1=O. The molecule has 0 bridgehead atoms. The highest BCUT2D eigenvalue weighted by Gasteiger charge is 2.42. The third kappa shape index (κ3) is 3.50. The van der Waals surface area contributed by atoms with Gasteiger partial charge in [-0.15, -0.1) is 0 Å². The molecule has 1 N–H and O–H groups in total. The van der Waals surface area contributed by atoms with Gasteiger partial charge < -0.3 is 4.90 Å². The van der Waals surface area contributed by atoms with E-state index in [2.05, 4.69) is 31.0 Å². The average molecular weight is 266 g/mol. The fourth-order valence-corrected chi connectivity index (χ4v) is 3.36. The van der Waals surface area contributed by atoms with Crippen LogP contribution in [0.2, 0.25) is 0 Å². The normalized spacial score (nSPS) is 29.0. The summed E-state index contributed by atoms with van der Waals surface area (Å²) in [4.78, 5) is 14.9. The molecule has 3 heteroatoms. The summed E-state index contributed by atoms with van der Waals surface area (Å²) in [5.41, 5.74) is 0. The quantitative estimate of drug-likeness (QED) is 0.731. The number of carbonyl (C=O) groups is 1. The first-order chi connectivity index (χ1) is 9.21. The van der Waals surface area contributed by atoms with Crippen molar-refractivity contribution in [2.45, 2.75) is 90.4 Å². The molecule has 0 aromatic rings. The zero-order chi connectivity index (χ0) is 13.8. The Hall–Kier alpha value is -0.570. The molecule has 0 radical (unpaired) electrons. The van der Waals surface area contributed by atoms with Crippen LogP contribution in [0.3, 0.4) is 0 Å². The summed E-state index contributed by atoms with van der Waals surface area (Å²) < 4.78 is 0. The van der Waals surface area contributed by atoms with Gasteiger partial charge in [0.15, 0.2) is 0 Å². The monoisotopic (exact) mass is 266 g/mol. The Morgan fingerprint density at radius 1 is 1.21 bits per heavy atom. The standard InChI is InChI=1S/C16H30N2O/c1-4-7-14-16(19)18(15(17-14)8-5-2)13(6-3)11-12-9-10-12/h12-15,17H,4-11H2,1-3H3. The zero-order valence-electron chi connectivity index (χ0n) is 12.8. The molecular formula is C16H30N2O. The smallest absolute Gasteiger partial charge is 0.241 e. The van der Waals surface area contributed by atoms with E-state index in [0.29, 0.717) is 11.9 Å². The molecule has 2 fully saturated rings. The summed E-state index contributed by atoms with van der Waals surface area (Å²) >= 11 is 0. The van der Waals surface area contributed by atoms with Crippen molar-refractivity contribution in [2.75, 3.05) is 0 Å². The van der Waals surface area contributed by atoms with Gasteiger partial charge in [0, 0.05) is 6.04 Å². The highest BCUT2D eigenvalue weighted by atomic mass is 16.2. The van der Waals surface area contributed by atoms with Crippen molar-refractivity contribution in [3.8, 4) is 0 Å². The van der Waals surface area contributed by atoms with Gasteiger partial charge in [0.1, 0.15) is 0 Å². The highest BCUT2D eigenvalue weighted by Crippen LogP contribution is 2.37. The molecule has 0 aromatic carbocycles. The molecule has 1 aliphatic carbocycles. The minimum Gasteiger partial charge on any atom is -0.323 e. The first kappa shape index (κ1) is 14.8. The molecule has 0 spiro atoms.